The van der Waals surface area contributed by atoms with Crippen LogP contribution in [0.4, 0.5) is 0 Å². The zero-order chi connectivity index (χ0) is 12.4. The van der Waals surface area contributed by atoms with E-state index in [1.807, 2.05) is 6.92 Å². The third kappa shape index (κ3) is 3.32. The van der Waals surface area contributed by atoms with Crippen molar-refractivity contribution in [2.24, 2.45) is 5.92 Å². The fraction of sp³-hybridized carbons (Fsp3) is 0.583. The van der Waals surface area contributed by atoms with E-state index in [2.05, 4.69) is 9.88 Å². The molecule has 0 spiro atoms. The molecule has 94 valence electrons. The molecule has 0 aliphatic carbocycles. The summed E-state index contributed by atoms with van der Waals surface area (Å²) in [6, 6.07) is 1.67. The van der Waals surface area contributed by atoms with Gasteiger partial charge in [-0.25, -0.2) is 4.98 Å². The Balaban J connectivity index is 1.98. The van der Waals surface area contributed by atoms with Gasteiger partial charge in [-0.05, 0) is 31.9 Å². The average molecular weight is 275 g/mol. The standard InChI is InChI=1S/C12H16Cl2N2O/c1-8(17)9-2-3-16(6-9)7-10-5-15-12(14)4-11(10)13/h4-5,8-9,17H,2-3,6-7H2,1H3. The summed E-state index contributed by atoms with van der Waals surface area (Å²) in [7, 11) is 0. The van der Waals surface area contributed by atoms with Crippen LogP contribution in [-0.4, -0.2) is 34.2 Å². The number of hydrogen-bond donors (Lipinski definition) is 1. The molecule has 3 nitrogen and oxygen atoms in total. The summed E-state index contributed by atoms with van der Waals surface area (Å²) in [4.78, 5) is 6.33. The Morgan fingerprint density at radius 1 is 1.59 bits per heavy atom. The number of rotatable bonds is 3. The highest BCUT2D eigenvalue weighted by Crippen LogP contribution is 2.25. The van der Waals surface area contributed by atoms with Gasteiger partial charge in [0.25, 0.3) is 0 Å². The van der Waals surface area contributed by atoms with Gasteiger partial charge in [0.15, 0.2) is 0 Å². The summed E-state index contributed by atoms with van der Waals surface area (Å²) in [6.45, 7) is 4.53. The number of aliphatic hydroxyl groups is 1. The Morgan fingerprint density at radius 3 is 2.94 bits per heavy atom. The van der Waals surface area contributed by atoms with E-state index in [4.69, 9.17) is 23.2 Å². The molecule has 1 fully saturated rings. The maximum atomic E-state index is 9.54. The van der Waals surface area contributed by atoms with Gasteiger partial charge in [-0.1, -0.05) is 23.2 Å². The van der Waals surface area contributed by atoms with E-state index in [1.165, 1.54) is 0 Å². The average Bonchev–Trinajstić information content (AvgIpc) is 2.71. The van der Waals surface area contributed by atoms with Gasteiger partial charge in [0.05, 0.1) is 6.10 Å². The molecule has 17 heavy (non-hydrogen) atoms. The summed E-state index contributed by atoms with van der Waals surface area (Å²) in [6.07, 6.45) is 2.52. The fourth-order valence-corrected chi connectivity index (χ4v) is 2.62. The SMILES string of the molecule is CC(O)C1CCN(Cc2cnc(Cl)cc2Cl)C1. The van der Waals surface area contributed by atoms with Gasteiger partial charge in [0, 0.05) is 29.9 Å². The van der Waals surface area contributed by atoms with Crippen LogP contribution in [-0.2, 0) is 6.54 Å². The molecule has 0 radical (unpaired) electrons. The molecule has 2 unspecified atom stereocenters. The normalized spacial score (nSPS) is 22.9. The predicted octanol–water partition coefficient (Wildman–Crippen LogP) is 2.59. The maximum Gasteiger partial charge on any atom is 0.130 e. The van der Waals surface area contributed by atoms with Crippen molar-refractivity contribution in [1.82, 2.24) is 9.88 Å². The van der Waals surface area contributed by atoms with Gasteiger partial charge in [-0.2, -0.15) is 0 Å². The van der Waals surface area contributed by atoms with E-state index in [1.54, 1.807) is 12.3 Å². The molecule has 1 saturated heterocycles. The quantitative estimate of drug-likeness (QED) is 0.861. The third-order valence-corrected chi connectivity index (χ3v) is 3.84. The lowest BCUT2D eigenvalue weighted by atomic mass is 10.0. The van der Waals surface area contributed by atoms with E-state index in [9.17, 15) is 5.11 Å². The molecule has 2 heterocycles. The van der Waals surface area contributed by atoms with Gasteiger partial charge < -0.3 is 5.11 Å². The van der Waals surface area contributed by atoms with Crippen LogP contribution in [0.15, 0.2) is 12.3 Å². The smallest absolute Gasteiger partial charge is 0.130 e. The lowest BCUT2D eigenvalue weighted by Gasteiger charge is -2.17. The zero-order valence-corrected chi connectivity index (χ0v) is 11.2. The van der Waals surface area contributed by atoms with Gasteiger partial charge in [-0.15, -0.1) is 0 Å². The summed E-state index contributed by atoms with van der Waals surface area (Å²) in [5.41, 5.74) is 0.988. The Morgan fingerprint density at radius 2 is 2.35 bits per heavy atom. The molecule has 0 aromatic carbocycles. The summed E-state index contributed by atoms with van der Waals surface area (Å²) >= 11 is 11.9. The lowest BCUT2D eigenvalue weighted by molar-refractivity contribution is 0.127. The van der Waals surface area contributed by atoms with Gasteiger partial charge in [-0.3, -0.25) is 4.90 Å². The second-order valence-electron chi connectivity index (χ2n) is 4.62. The number of likely N-dealkylation sites (tertiary alicyclic amines) is 1. The molecular weight excluding hydrogens is 259 g/mol. The van der Waals surface area contributed by atoms with E-state index in [0.29, 0.717) is 16.1 Å². The molecule has 1 aromatic heterocycles. The third-order valence-electron chi connectivity index (χ3n) is 3.28. The molecule has 5 heteroatoms. The molecule has 2 atom stereocenters. The highest BCUT2D eigenvalue weighted by molar-refractivity contribution is 6.34. The second kappa shape index (κ2) is 5.53. The van der Waals surface area contributed by atoms with Crippen molar-refractivity contribution in [2.45, 2.75) is 26.0 Å². The highest BCUT2D eigenvalue weighted by Gasteiger charge is 2.26. The van der Waals surface area contributed by atoms with Crippen molar-refractivity contribution in [3.8, 4) is 0 Å². The number of pyridine rings is 1. The first-order valence-electron chi connectivity index (χ1n) is 5.76. The summed E-state index contributed by atoms with van der Waals surface area (Å²) in [5.74, 6) is 0.369. The van der Waals surface area contributed by atoms with E-state index in [-0.39, 0.29) is 6.10 Å². The van der Waals surface area contributed by atoms with Crippen molar-refractivity contribution in [1.29, 1.82) is 0 Å². The Labute approximate surface area is 111 Å². The van der Waals surface area contributed by atoms with Gasteiger partial charge >= 0.3 is 0 Å². The van der Waals surface area contributed by atoms with Crippen LogP contribution >= 0.6 is 23.2 Å². The number of halogens is 2. The van der Waals surface area contributed by atoms with Crippen LogP contribution in [0.25, 0.3) is 0 Å². The van der Waals surface area contributed by atoms with Crippen molar-refractivity contribution in [3.05, 3.63) is 28.0 Å². The van der Waals surface area contributed by atoms with Crippen molar-refractivity contribution in [2.75, 3.05) is 13.1 Å². The first kappa shape index (κ1) is 13.1. The molecule has 1 aromatic rings. The van der Waals surface area contributed by atoms with Crippen molar-refractivity contribution >= 4 is 23.2 Å². The minimum Gasteiger partial charge on any atom is -0.393 e. The minimum absolute atomic E-state index is 0.237. The number of aliphatic hydroxyl groups excluding tert-OH is 1. The molecule has 2 rings (SSSR count). The molecule has 0 amide bonds. The van der Waals surface area contributed by atoms with Crippen LogP contribution in [0.2, 0.25) is 10.2 Å². The second-order valence-corrected chi connectivity index (χ2v) is 5.42. The molecule has 0 bridgehead atoms. The van der Waals surface area contributed by atoms with Crippen LogP contribution in [0.1, 0.15) is 18.9 Å². The summed E-state index contributed by atoms with van der Waals surface area (Å²) < 4.78 is 0. The maximum absolute atomic E-state index is 9.54. The topological polar surface area (TPSA) is 36.4 Å². The Kier molecular flexibility index (Phi) is 4.26. The van der Waals surface area contributed by atoms with Crippen LogP contribution in [0, 0.1) is 5.92 Å². The predicted molar refractivity (Wildman–Crippen MR) is 69.3 cm³/mol. The van der Waals surface area contributed by atoms with E-state index in [0.717, 1.165) is 31.6 Å². The monoisotopic (exact) mass is 274 g/mol. The first-order chi connectivity index (χ1) is 8.06. The van der Waals surface area contributed by atoms with Crippen molar-refractivity contribution < 1.29 is 5.11 Å². The molecule has 1 N–H and O–H groups in total. The number of aromatic nitrogens is 1. The molecular formula is C12H16Cl2N2O. The lowest BCUT2D eigenvalue weighted by Crippen LogP contribution is -2.24. The van der Waals surface area contributed by atoms with Crippen LogP contribution in [0.3, 0.4) is 0 Å². The number of nitrogens with zero attached hydrogens (tertiary/aromatic N) is 2. The Hall–Kier alpha value is -0.350. The fourth-order valence-electron chi connectivity index (χ4n) is 2.19. The van der Waals surface area contributed by atoms with Crippen LogP contribution < -0.4 is 0 Å². The largest absolute Gasteiger partial charge is 0.393 e. The van der Waals surface area contributed by atoms with Gasteiger partial charge in [0.1, 0.15) is 5.15 Å². The van der Waals surface area contributed by atoms with E-state index >= 15 is 0 Å². The first-order valence-corrected chi connectivity index (χ1v) is 6.52. The molecule has 1 aliphatic heterocycles. The van der Waals surface area contributed by atoms with E-state index < -0.39 is 0 Å². The van der Waals surface area contributed by atoms with Crippen molar-refractivity contribution in [3.63, 3.8) is 0 Å². The minimum atomic E-state index is -0.237. The number of hydrogen-bond acceptors (Lipinski definition) is 3. The molecule has 1 aliphatic rings. The molecule has 0 saturated carbocycles. The zero-order valence-electron chi connectivity index (χ0n) is 9.74. The Bertz CT molecular complexity index is 398. The van der Waals surface area contributed by atoms with Gasteiger partial charge in [0.2, 0.25) is 0 Å². The van der Waals surface area contributed by atoms with Crippen LogP contribution in [0.5, 0.6) is 0 Å². The summed E-state index contributed by atoms with van der Waals surface area (Å²) in [5, 5.41) is 10.6. The highest BCUT2D eigenvalue weighted by atomic mass is 35.5.